The Balaban J connectivity index is 2.15. The predicted octanol–water partition coefficient (Wildman–Crippen LogP) is 6.14. The zero-order valence-electron chi connectivity index (χ0n) is 12.5. The summed E-state index contributed by atoms with van der Waals surface area (Å²) >= 11 is 7.42. The third-order valence-electron chi connectivity index (χ3n) is 3.47. The molecule has 3 aromatic rings. The summed E-state index contributed by atoms with van der Waals surface area (Å²) in [5, 5.41) is 0.514. The smallest absolute Gasteiger partial charge is 0.334 e. The Kier molecular flexibility index (Phi) is 4.60. The van der Waals surface area contributed by atoms with Crippen LogP contribution in [-0.2, 0) is 6.18 Å². The van der Waals surface area contributed by atoms with Gasteiger partial charge in [0.1, 0.15) is 0 Å². The lowest BCUT2D eigenvalue weighted by atomic mass is 10.1. The van der Waals surface area contributed by atoms with Gasteiger partial charge in [-0.3, -0.25) is 0 Å². The first-order valence-corrected chi connectivity index (χ1v) is 8.56. The number of halogens is 4. The summed E-state index contributed by atoms with van der Waals surface area (Å²) in [4.78, 5) is 7.21. The summed E-state index contributed by atoms with van der Waals surface area (Å²) in [6.07, 6.45) is -2.61. The molecule has 1 heterocycles. The van der Waals surface area contributed by atoms with E-state index in [9.17, 15) is 13.2 Å². The van der Waals surface area contributed by atoms with Crippen molar-refractivity contribution < 1.29 is 13.2 Å². The summed E-state index contributed by atoms with van der Waals surface area (Å²) in [6, 6.07) is 13.8. The fourth-order valence-corrected chi connectivity index (χ4v) is 2.82. The van der Waals surface area contributed by atoms with Crippen LogP contribution in [0.5, 0.6) is 0 Å². The molecule has 7 heteroatoms. The van der Waals surface area contributed by atoms with Crippen molar-refractivity contribution in [2.45, 2.75) is 11.1 Å². The number of imidazole rings is 1. The van der Waals surface area contributed by atoms with Crippen LogP contribution in [0.3, 0.4) is 0 Å². The van der Waals surface area contributed by atoms with Crippen LogP contribution in [0, 0.1) is 0 Å². The van der Waals surface area contributed by atoms with E-state index in [1.807, 2.05) is 18.4 Å². The fourth-order valence-electron chi connectivity index (χ4n) is 2.29. The number of aromatic nitrogens is 2. The van der Waals surface area contributed by atoms with E-state index in [1.165, 1.54) is 0 Å². The largest absolute Gasteiger partial charge is 0.449 e. The van der Waals surface area contributed by atoms with Crippen LogP contribution < -0.4 is 0 Å². The molecule has 124 valence electrons. The number of thioether (sulfide) groups is 1. The lowest BCUT2D eigenvalue weighted by molar-refractivity contribution is -0.144. The highest BCUT2D eigenvalue weighted by molar-refractivity contribution is 7.98. The van der Waals surface area contributed by atoms with Crippen molar-refractivity contribution in [2.75, 3.05) is 6.26 Å². The molecule has 0 saturated heterocycles. The van der Waals surface area contributed by atoms with Gasteiger partial charge < -0.3 is 4.98 Å². The van der Waals surface area contributed by atoms with Crippen LogP contribution in [0.1, 0.15) is 5.82 Å². The number of H-pyrrole nitrogens is 1. The van der Waals surface area contributed by atoms with Crippen molar-refractivity contribution in [3.63, 3.8) is 0 Å². The number of hydrogen-bond acceptors (Lipinski definition) is 2. The Labute approximate surface area is 146 Å². The number of benzene rings is 2. The molecule has 0 radical (unpaired) electrons. The average Bonchev–Trinajstić information content (AvgIpc) is 3.01. The van der Waals surface area contributed by atoms with Crippen LogP contribution in [0.25, 0.3) is 22.5 Å². The number of aromatic amines is 1. The second-order valence-corrected chi connectivity index (χ2v) is 6.36. The normalized spacial score (nSPS) is 11.7. The minimum Gasteiger partial charge on any atom is -0.334 e. The molecular formula is C17H12ClF3N2S. The van der Waals surface area contributed by atoms with Gasteiger partial charge in [0, 0.05) is 21.0 Å². The number of nitrogens with zero attached hydrogens (tertiary/aromatic N) is 1. The molecule has 1 aromatic heterocycles. The summed E-state index contributed by atoms with van der Waals surface area (Å²) in [5.74, 6) is -1.02. The van der Waals surface area contributed by atoms with E-state index in [0.717, 1.165) is 4.90 Å². The minimum atomic E-state index is -4.54. The van der Waals surface area contributed by atoms with Gasteiger partial charge in [-0.1, -0.05) is 35.9 Å². The van der Waals surface area contributed by atoms with Gasteiger partial charge in [0.15, 0.2) is 0 Å². The van der Waals surface area contributed by atoms with Gasteiger partial charge in [-0.2, -0.15) is 13.2 Å². The van der Waals surface area contributed by atoms with Crippen molar-refractivity contribution in [3.8, 4) is 22.5 Å². The highest BCUT2D eigenvalue weighted by Gasteiger charge is 2.36. The van der Waals surface area contributed by atoms with Gasteiger partial charge in [0.25, 0.3) is 0 Å². The topological polar surface area (TPSA) is 28.7 Å². The Morgan fingerprint density at radius 2 is 1.54 bits per heavy atom. The van der Waals surface area contributed by atoms with Crippen LogP contribution in [0.15, 0.2) is 53.4 Å². The summed E-state index contributed by atoms with van der Waals surface area (Å²) in [5.41, 5.74) is 1.78. The molecule has 0 unspecified atom stereocenters. The first-order chi connectivity index (χ1) is 11.4. The van der Waals surface area contributed by atoms with E-state index >= 15 is 0 Å². The van der Waals surface area contributed by atoms with Crippen LogP contribution in [0.4, 0.5) is 13.2 Å². The molecule has 1 N–H and O–H groups in total. The molecule has 0 aliphatic carbocycles. The zero-order chi connectivity index (χ0) is 17.3. The van der Waals surface area contributed by atoms with Crippen molar-refractivity contribution in [1.82, 2.24) is 9.97 Å². The van der Waals surface area contributed by atoms with Crippen molar-refractivity contribution in [1.29, 1.82) is 0 Å². The third kappa shape index (κ3) is 3.44. The van der Waals surface area contributed by atoms with Crippen LogP contribution in [-0.4, -0.2) is 16.2 Å². The standard InChI is InChI=1S/C17H12ClF3N2S/c1-24-13-8-4-11(5-9-13)15-14(10-2-6-12(18)7-3-10)22-16(23-15)17(19,20)21/h2-9H,1H3,(H,22,23). The van der Waals surface area contributed by atoms with Crippen LogP contribution >= 0.6 is 23.4 Å². The maximum atomic E-state index is 13.1. The van der Waals surface area contributed by atoms with E-state index in [4.69, 9.17) is 11.6 Å². The summed E-state index contributed by atoms with van der Waals surface area (Å²) in [7, 11) is 0. The lowest BCUT2D eigenvalue weighted by Crippen LogP contribution is -2.07. The van der Waals surface area contributed by atoms with E-state index in [-0.39, 0.29) is 5.69 Å². The third-order valence-corrected chi connectivity index (χ3v) is 4.46. The summed E-state index contributed by atoms with van der Waals surface area (Å²) in [6.45, 7) is 0. The van der Waals surface area contributed by atoms with Gasteiger partial charge in [0.2, 0.25) is 5.82 Å². The molecule has 2 nitrogen and oxygen atoms in total. The molecule has 0 saturated carbocycles. The molecule has 0 aliphatic rings. The highest BCUT2D eigenvalue weighted by Crippen LogP contribution is 2.36. The highest BCUT2D eigenvalue weighted by atomic mass is 35.5. The van der Waals surface area contributed by atoms with Gasteiger partial charge >= 0.3 is 6.18 Å². The number of hydrogen-bond donors (Lipinski definition) is 1. The average molecular weight is 369 g/mol. The van der Waals surface area contributed by atoms with Crippen molar-refractivity contribution in [3.05, 3.63) is 59.4 Å². The quantitative estimate of drug-likeness (QED) is 0.563. The molecule has 0 spiro atoms. The molecular weight excluding hydrogens is 357 g/mol. The fraction of sp³-hybridized carbons (Fsp3) is 0.118. The predicted molar refractivity (Wildman–Crippen MR) is 91.3 cm³/mol. The first-order valence-electron chi connectivity index (χ1n) is 6.96. The molecule has 0 fully saturated rings. The molecule has 0 amide bonds. The second kappa shape index (κ2) is 6.53. The van der Waals surface area contributed by atoms with Gasteiger partial charge in [-0.05, 0) is 30.5 Å². The van der Waals surface area contributed by atoms with E-state index < -0.39 is 12.0 Å². The minimum absolute atomic E-state index is 0.261. The van der Waals surface area contributed by atoms with Gasteiger partial charge in [-0.15, -0.1) is 11.8 Å². The summed E-state index contributed by atoms with van der Waals surface area (Å²) < 4.78 is 39.2. The molecule has 3 rings (SSSR count). The van der Waals surface area contributed by atoms with E-state index in [0.29, 0.717) is 21.8 Å². The second-order valence-electron chi connectivity index (χ2n) is 5.04. The van der Waals surface area contributed by atoms with Crippen molar-refractivity contribution in [2.24, 2.45) is 0 Å². The SMILES string of the molecule is CSc1ccc(-c2nc(C(F)(F)F)[nH]c2-c2ccc(Cl)cc2)cc1. The lowest BCUT2D eigenvalue weighted by Gasteiger charge is -2.04. The first kappa shape index (κ1) is 16.9. The Bertz CT molecular complexity index is 840. The maximum Gasteiger partial charge on any atom is 0.449 e. The monoisotopic (exact) mass is 368 g/mol. The zero-order valence-corrected chi connectivity index (χ0v) is 14.1. The molecule has 0 atom stereocenters. The van der Waals surface area contributed by atoms with Crippen LogP contribution in [0.2, 0.25) is 5.02 Å². The number of rotatable bonds is 3. The maximum absolute atomic E-state index is 13.1. The van der Waals surface area contributed by atoms with Crippen molar-refractivity contribution >= 4 is 23.4 Å². The molecule has 24 heavy (non-hydrogen) atoms. The van der Waals surface area contributed by atoms with E-state index in [1.54, 1.807) is 48.2 Å². The number of alkyl halides is 3. The molecule has 2 aromatic carbocycles. The Morgan fingerprint density at radius 3 is 2.08 bits per heavy atom. The van der Waals surface area contributed by atoms with Gasteiger partial charge in [0.05, 0.1) is 11.4 Å². The van der Waals surface area contributed by atoms with Gasteiger partial charge in [-0.25, -0.2) is 4.98 Å². The molecule has 0 bridgehead atoms. The number of nitrogens with one attached hydrogen (secondary N) is 1. The Morgan fingerprint density at radius 1 is 0.958 bits per heavy atom. The Hall–Kier alpha value is -1.92. The van der Waals surface area contributed by atoms with E-state index in [2.05, 4.69) is 9.97 Å². The molecule has 0 aliphatic heterocycles.